The molecule has 21 heavy (non-hydrogen) atoms. The van der Waals surface area contributed by atoms with Gasteiger partial charge in [-0.1, -0.05) is 17.3 Å². The molecule has 1 aliphatic carbocycles. The van der Waals surface area contributed by atoms with Crippen LogP contribution in [0.2, 0.25) is 0 Å². The van der Waals surface area contributed by atoms with Crippen LogP contribution < -0.4 is 10.1 Å². The van der Waals surface area contributed by atoms with Gasteiger partial charge in [0, 0.05) is 17.0 Å². The van der Waals surface area contributed by atoms with Crippen LogP contribution in [0.3, 0.4) is 0 Å². The highest BCUT2D eigenvalue weighted by atomic mass is 16.5. The van der Waals surface area contributed by atoms with E-state index in [1.807, 2.05) is 18.2 Å². The van der Waals surface area contributed by atoms with Gasteiger partial charge in [0.25, 0.3) is 0 Å². The maximum Gasteiger partial charge on any atom is 0.405 e. The molecule has 1 unspecified atom stereocenters. The van der Waals surface area contributed by atoms with Crippen molar-refractivity contribution < 1.29 is 19.2 Å². The number of carboxylic acid groups (broad SMARTS) is 1. The summed E-state index contributed by atoms with van der Waals surface area (Å²) < 4.78 is 10.8. The van der Waals surface area contributed by atoms with E-state index in [0.29, 0.717) is 30.0 Å². The van der Waals surface area contributed by atoms with Crippen molar-refractivity contribution >= 4 is 6.09 Å². The third-order valence-corrected chi connectivity index (χ3v) is 3.72. The van der Waals surface area contributed by atoms with Crippen LogP contribution in [0.4, 0.5) is 4.79 Å². The van der Waals surface area contributed by atoms with Crippen LogP contribution in [0.1, 0.15) is 36.3 Å². The van der Waals surface area contributed by atoms with E-state index in [1.165, 1.54) is 0 Å². The monoisotopic (exact) mass is 287 g/mol. The van der Waals surface area contributed by atoms with Gasteiger partial charge in [0.1, 0.15) is 12.4 Å². The van der Waals surface area contributed by atoms with Gasteiger partial charge >= 0.3 is 6.09 Å². The second kappa shape index (κ2) is 4.47. The standard InChI is InChI=1S/C14H13N3O4/c18-14(19)15-10-6-20-11-5-8(3-4-9(10)11)12-16-13(21-17-12)7-1-2-7/h3-5,7,10,15H,1-2,6H2,(H,18,19). The van der Waals surface area contributed by atoms with Crippen LogP contribution in [0.25, 0.3) is 11.4 Å². The van der Waals surface area contributed by atoms with E-state index >= 15 is 0 Å². The lowest BCUT2D eigenvalue weighted by molar-refractivity contribution is 0.186. The summed E-state index contributed by atoms with van der Waals surface area (Å²) >= 11 is 0. The summed E-state index contributed by atoms with van der Waals surface area (Å²) in [4.78, 5) is 15.1. The van der Waals surface area contributed by atoms with Crippen LogP contribution in [-0.4, -0.2) is 27.9 Å². The maximum atomic E-state index is 10.7. The minimum absolute atomic E-state index is 0.296. The first-order valence-corrected chi connectivity index (χ1v) is 6.81. The Labute approximate surface area is 119 Å². The van der Waals surface area contributed by atoms with Gasteiger partial charge in [0.2, 0.25) is 11.7 Å². The number of nitrogens with zero attached hydrogens (tertiary/aromatic N) is 2. The normalized spacial score (nSPS) is 19.9. The number of aromatic nitrogens is 2. The molecule has 0 bridgehead atoms. The van der Waals surface area contributed by atoms with Crippen molar-refractivity contribution in [2.24, 2.45) is 0 Å². The second-order valence-corrected chi connectivity index (χ2v) is 5.30. The summed E-state index contributed by atoms with van der Waals surface area (Å²) in [7, 11) is 0. The second-order valence-electron chi connectivity index (χ2n) is 5.30. The van der Waals surface area contributed by atoms with Gasteiger partial charge in [-0.05, 0) is 18.9 Å². The molecule has 7 nitrogen and oxygen atoms in total. The largest absolute Gasteiger partial charge is 0.491 e. The first-order valence-electron chi connectivity index (χ1n) is 6.81. The molecule has 1 aliphatic heterocycles. The number of ether oxygens (including phenoxy) is 1. The molecule has 1 aromatic heterocycles. The zero-order valence-electron chi connectivity index (χ0n) is 11.1. The van der Waals surface area contributed by atoms with E-state index in [0.717, 1.165) is 24.0 Å². The lowest BCUT2D eigenvalue weighted by Crippen LogP contribution is -2.27. The molecule has 0 spiro atoms. The summed E-state index contributed by atoms with van der Waals surface area (Å²) in [5.41, 5.74) is 1.63. The Kier molecular flexibility index (Phi) is 2.60. The summed E-state index contributed by atoms with van der Waals surface area (Å²) in [5, 5.41) is 15.2. The number of nitrogens with one attached hydrogen (secondary N) is 1. The molecular weight excluding hydrogens is 274 g/mol. The number of amides is 1. The van der Waals surface area contributed by atoms with Crippen LogP contribution in [-0.2, 0) is 0 Å². The SMILES string of the molecule is O=C(O)NC1COc2cc(-c3noc(C4CC4)n3)ccc21. The van der Waals surface area contributed by atoms with E-state index in [4.69, 9.17) is 14.4 Å². The fourth-order valence-corrected chi connectivity index (χ4v) is 2.47. The van der Waals surface area contributed by atoms with E-state index in [-0.39, 0.29) is 6.04 Å². The molecule has 4 rings (SSSR count). The lowest BCUT2D eigenvalue weighted by atomic mass is 10.1. The van der Waals surface area contributed by atoms with Crippen LogP contribution >= 0.6 is 0 Å². The smallest absolute Gasteiger partial charge is 0.405 e. The van der Waals surface area contributed by atoms with Crippen molar-refractivity contribution in [3.63, 3.8) is 0 Å². The number of fused-ring (bicyclic) bond motifs is 1. The van der Waals surface area contributed by atoms with Gasteiger partial charge in [-0.3, -0.25) is 0 Å². The Balaban J connectivity index is 1.61. The zero-order chi connectivity index (χ0) is 14.4. The molecule has 108 valence electrons. The highest BCUT2D eigenvalue weighted by molar-refractivity contribution is 5.67. The number of benzene rings is 1. The summed E-state index contributed by atoms with van der Waals surface area (Å²) in [5.74, 6) is 2.31. The molecule has 1 amide bonds. The summed E-state index contributed by atoms with van der Waals surface area (Å²) in [6.07, 6.45) is 1.15. The van der Waals surface area contributed by atoms with Crippen molar-refractivity contribution in [1.82, 2.24) is 15.5 Å². The fourth-order valence-electron chi connectivity index (χ4n) is 2.47. The predicted octanol–water partition coefficient (Wildman–Crippen LogP) is 2.32. The molecule has 1 saturated carbocycles. The van der Waals surface area contributed by atoms with E-state index in [2.05, 4.69) is 15.5 Å². The fraction of sp³-hybridized carbons (Fsp3) is 0.357. The maximum absolute atomic E-state index is 10.7. The Bertz CT molecular complexity index is 708. The lowest BCUT2D eigenvalue weighted by Gasteiger charge is -2.07. The molecule has 7 heteroatoms. The van der Waals surface area contributed by atoms with Gasteiger partial charge in [-0.2, -0.15) is 4.98 Å². The van der Waals surface area contributed by atoms with Gasteiger partial charge in [-0.15, -0.1) is 0 Å². The first-order chi connectivity index (χ1) is 10.2. The van der Waals surface area contributed by atoms with Crippen molar-refractivity contribution in [1.29, 1.82) is 0 Å². The molecular formula is C14H13N3O4. The summed E-state index contributed by atoms with van der Waals surface area (Å²) in [6.45, 7) is 0.296. The molecule has 0 saturated heterocycles. The van der Waals surface area contributed by atoms with Crippen molar-refractivity contribution in [3.05, 3.63) is 29.7 Å². The Morgan fingerprint density at radius 3 is 3.00 bits per heavy atom. The quantitative estimate of drug-likeness (QED) is 0.899. The molecule has 1 aromatic carbocycles. The molecule has 2 aliphatic rings. The van der Waals surface area contributed by atoms with Gasteiger partial charge < -0.3 is 19.7 Å². The topological polar surface area (TPSA) is 97.5 Å². The molecule has 0 radical (unpaired) electrons. The average Bonchev–Trinajstić information content (AvgIpc) is 3.07. The predicted molar refractivity (Wildman–Crippen MR) is 71.1 cm³/mol. The zero-order valence-corrected chi connectivity index (χ0v) is 11.1. The van der Waals surface area contributed by atoms with Crippen LogP contribution in [0.5, 0.6) is 5.75 Å². The van der Waals surface area contributed by atoms with E-state index in [1.54, 1.807) is 0 Å². The number of hydrogen-bond acceptors (Lipinski definition) is 5. The molecule has 2 N–H and O–H groups in total. The van der Waals surface area contributed by atoms with Crippen LogP contribution in [0.15, 0.2) is 22.7 Å². The highest BCUT2D eigenvalue weighted by Gasteiger charge is 2.30. The Morgan fingerprint density at radius 1 is 1.38 bits per heavy atom. The van der Waals surface area contributed by atoms with E-state index in [9.17, 15) is 4.79 Å². The minimum Gasteiger partial charge on any atom is -0.491 e. The number of rotatable bonds is 3. The third kappa shape index (κ3) is 2.20. The first kappa shape index (κ1) is 12.2. The Hall–Kier alpha value is -2.57. The van der Waals surface area contributed by atoms with Gasteiger partial charge in [0.15, 0.2) is 0 Å². The molecule has 2 heterocycles. The summed E-state index contributed by atoms with van der Waals surface area (Å²) in [6, 6.07) is 5.18. The van der Waals surface area contributed by atoms with E-state index < -0.39 is 6.09 Å². The van der Waals surface area contributed by atoms with Crippen molar-refractivity contribution in [2.75, 3.05) is 6.61 Å². The van der Waals surface area contributed by atoms with Crippen molar-refractivity contribution in [2.45, 2.75) is 24.8 Å². The molecule has 2 aromatic rings. The molecule has 1 atom stereocenters. The number of carbonyl (C=O) groups is 1. The van der Waals surface area contributed by atoms with Gasteiger partial charge in [-0.25, -0.2) is 4.79 Å². The molecule has 1 fully saturated rings. The van der Waals surface area contributed by atoms with Gasteiger partial charge in [0.05, 0.1) is 6.04 Å². The average molecular weight is 287 g/mol. The van der Waals surface area contributed by atoms with Crippen LogP contribution in [0, 0.1) is 0 Å². The third-order valence-electron chi connectivity index (χ3n) is 3.72. The highest BCUT2D eigenvalue weighted by Crippen LogP contribution is 2.40. The minimum atomic E-state index is -1.06. The van der Waals surface area contributed by atoms with Crippen molar-refractivity contribution in [3.8, 4) is 17.1 Å². The Morgan fingerprint density at radius 2 is 2.24 bits per heavy atom. The number of hydrogen-bond donors (Lipinski definition) is 2.